The lowest BCUT2D eigenvalue weighted by atomic mass is 9.79. The lowest BCUT2D eigenvalue weighted by Gasteiger charge is -2.43. The Labute approximate surface area is 299 Å². The molecule has 7 atom stereocenters. The number of benzene rings is 2. The van der Waals surface area contributed by atoms with Gasteiger partial charge in [-0.25, -0.2) is 13.8 Å². The zero-order chi connectivity index (χ0) is 35.7. The molecule has 266 valence electrons. The number of alkyl halides is 4. The fraction of sp³-hybridized carbons (Fsp3) is 0.486. The Kier molecular flexibility index (Phi) is 7.52. The number of hydrogen-bond acceptors (Lipinski definition) is 5. The molecule has 3 saturated heterocycles. The van der Waals surface area contributed by atoms with Gasteiger partial charge in [-0.1, -0.05) is 35.3 Å². The second-order valence-corrected chi connectivity index (χ2v) is 15.6. The van der Waals surface area contributed by atoms with Gasteiger partial charge in [-0.05, 0) is 75.1 Å². The van der Waals surface area contributed by atoms with Crippen molar-refractivity contribution in [2.24, 2.45) is 11.8 Å². The van der Waals surface area contributed by atoms with Gasteiger partial charge in [0.15, 0.2) is 11.5 Å². The molecule has 1 N–H and O–H groups in total. The minimum atomic E-state index is -4.88. The number of piperidine rings is 1. The van der Waals surface area contributed by atoms with Gasteiger partial charge in [0.1, 0.15) is 5.52 Å². The summed E-state index contributed by atoms with van der Waals surface area (Å²) in [6.07, 6.45) is -4.55. The van der Waals surface area contributed by atoms with Crippen LogP contribution in [-0.2, 0) is 16.0 Å². The molecule has 0 radical (unpaired) electrons. The van der Waals surface area contributed by atoms with Crippen molar-refractivity contribution in [1.82, 2.24) is 19.8 Å². The largest absolute Gasteiger partial charge is 0.522 e. The number of likely N-dealkylation sites (tertiary alicyclic amines) is 1. The molecule has 10 rings (SSSR count). The normalized spacial score (nSPS) is 28.8. The number of pyridine rings is 1. The Hall–Kier alpha value is -3.50. The minimum absolute atomic E-state index is 0.0369. The number of aromatic nitrogens is 2. The van der Waals surface area contributed by atoms with E-state index in [9.17, 15) is 23.2 Å². The van der Waals surface area contributed by atoms with Crippen LogP contribution in [-0.4, -0.2) is 57.1 Å². The quantitative estimate of drug-likeness (QED) is 0.192. The van der Waals surface area contributed by atoms with Crippen molar-refractivity contribution in [3.63, 3.8) is 0 Å². The van der Waals surface area contributed by atoms with E-state index in [0.717, 1.165) is 13.0 Å². The highest BCUT2D eigenvalue weighted by Gasteiger charge is 2.63. The maximum Gasteiger partial charge on any atom is 0.522 e. The summed E-state index contributed by atoms with van der Waals surface area (Å²) < 4.78 is 80.6. The van der Waals surface area contributed by atoms with Crippen molar-refractivity contribution in [3.8, 4) is 17.2 Å². The number of nitriles is 1. The van der Waals surface area contributed by atoms with E-state index in [2.05, 4.69) is 20.7 Å². The fourth-order valence-corrected chi connectivity index (χ4v) is 9.98. The molecule has 2 aromatic heterocycles. The van der Waals surface area contributed by atoms with Gasteiger partial charge >= 0.3 is 6.36 Å². The smallest absolute Gasteiger partial charge is 0.337 e. The van der Waals surface area contributed by atoms with Crippen molar-refractivity contribution in [3.05, 3.63) is 63.1 Å². The van der Waals surface area contributed by atoms with Crippen LogP contribution in [0.3, 0.4) is 0 Å². The van der Waals surface area contributed by atoms with Crippen molar-refractivity contribution < 1.29 is 31.5 Å². The second-order valence-electron chi connectivity index (χ2n) is 14.8. The fourth-order valence-electron chi connectivity index (χ4n) is 9.58. The third kappa shape index (κ3) is 5.02. The summed E-state index contributed by atoms with van der Waals surface area (Å²) in [6.45, 7) is 2.47. The van der Waals surface area contributed by atoms with E-state index in [1.54, 1.807) is 25.1 Å². The molecule has 4 bridgehead atoms. The molecule has 3 saturated carbocycles. The average molecular weight is 745 g/mol. The van der Waals surface area contributed by atoms with Gasteiger partial charge in [-0.2, -0.15) is 5.26 Å². The van der Waals surface area contributed by atoms with E-state index < -0.39 is 47.9 Å². The highest BCUT2D eigenvalue weighted by molar-refractivity contribution is 6.43. The number of carbonyl (C=O) groups is 1. The molecule has 7 nitrogen and oxygen atoms in total. The zero-order valence-electron chi connectivity index (χ0n) is 27.3. The summed E-state index contributed by atoms with van der Waals surface area (Å²) >= 11 is 13.0. The van der Waals surface area contributed by atoms with E-state index >= 15 is 8.78 Å². The molecule has 2 aromatic carbocycles. The third-order valence-corrected chi connectivity index (χ3v) is 12.8. The van der Waals surface area contributed by atoms with E-state index in [4.69, 9.17) is 28.2 Å². The number of rotatable bonds is 7. The molecule has 6 fully saturated rings. The standard InChI is InChI=1S/C37H32Cl2F5N5O2/c1-16-21-14-26(34-22-12-19(13-27(22)51-37(42,43)44)48(34)35(50)36(41)7-8-36)49(32-18-11-25(32)46-15-18)33(21)23-10-17(4-3-9-45)28(30(40)31(23)47-16)20-5-2-6-24(38)29(20)39/h2,5-6,10,14,18-19,22,25,27,32,34,46H,3-4,7-8,11-13,15H2,1H3/t18-,19-,22+,25-,27+,32+,34-/m1/s1. The molecule has 3 aliphatic carbocycles. The number of ether oxygens (including phenoxy) is 1. The van der Waals surface area contributed by atoms with Gasteiger partial charge in [-0.3, -0.25) is 9.53 Å². The summed E-state index contributed by atoms with van der Waals surface area (Å²) in [5.74, 6) is -1.89. The first-order chi connectivity index (χ1) is 24.3. The van der Waals surface area contributed by atoms with Crippen LogP contribution in [0.15, 0.2) is 30.3 Å². The van der Waals surface area contributed by atoms with Crippen LogP contribution in [0.5, 0.6) is 0 Å². The first-order valence-electron chi connectivity index (χ1n) is 17.3. The molecule has 0 unspecified atom stereocenters. The van der Waals surface area contributed by atoms with Crippen LogP contribution in [0.4, 0.5) is 22.0 Å². The van der Waals surface area contributed by atoms with Crippen molar-refractivity contribution in [1.29, 1.82) is 5.26 Å². The number of halogens is 7. The third-order valence-electron chi connectivity index (χ3n) is 12.0. The monoisotopic (exact) mass is 743 g/mol. The molecule has 51 heavy (non-hydrogen) atoms. The topological polar surface area (TPSA) is 83.2 Å². The number of carbonyl (C=O) groups excluding carboxylic acids is 1. The average Bonchev–Trinajstić information content (AvgIpc) is 3.63. The molecule has 1 amide bonds. The van der Waals surface area contributed by atoms with Crippen LogP contribution < -0.4 is 5.32 Å². The van der Waals surface area contributed by atoms with Crippen molar-refractivity contribution in [2.75, 3.05) is 6.54 Å². The predicted molar refractivity (Wildman–Crippen MR) is 180 cm³/mol. The Morgan fingerprint density at radius 3 is 2.63 bits per heavy atom. The van der Waals surface area contributed by atoms with Gasteiger partial charge in [0.25, 0.3) is 5.91 Å². The van der Waals surface area contributed by atoms with E-state index in [-0.39, 0.29) is 77.7 Å². The van der Waals surface area contributed by atoms with Gasteiger partial charge in [0.2, 0.25) is 0 Å². The summed E-state index contributed by atoms with van der Waals surface area (Å²) in [5, 5.41) is 14.6. The first kappa shape index (κ1) is 33.3. The number of amides is 1. The van der Waals surface area contributed by atoms with Crippen molar-refractivity contribution >= 4 is 50.9 Å². The highest BCUT2D eigenvalue weighted by atomic mass is 35.5. The number of fused-ring (bicyclic) bond motifs is 6. The SMILES string of the molecule is Cc1nc2c(F)c(-c3cccc(Cl)c3Cl)c(CCC#N)cc2c2c1cc([C@H]1[C@H]3C[C@H](C[C@@H]3OC(F)(F)F)N1C(=O)C1(F)CC1)n2[C@H]1[C@H]2CN[C@@H]1C2. The molecule has 3 aliphatic heterocycles. The second kappa shape index (κ2) is 11.5. The van der Waals surface area contributed by atoms with Crippen LogP contribution in [0, 0.1) is 35.9 Å². The van der Waals surface area contributed by atoms with Crippen LogP contribution in [0.25, 0.3) is 32.9 Å². The zero-order valence-corrected chi connectivity index (χ0v) is 28.8. The molecule has 0 spiro atoms. The van der Waals surface area contributed by atoms with Gasteiger partial charge in [0.05, 0.1) is 39.8 Å². The first-order valence-corrected chi connectivity index (χ1v) is 18.0. The Morgan fingerprint density at radius 2 is 1.96 bits per heavy atom. The lowest BCUT2D eigenvalue weighted by molar-refractivity contribution is -0.349. The molecule has 14 heteroatoms. The minimum Gasteiger partial charge on any atom is -0.337 e. The molecular formula is C37H32Cl2F5N5O2. The Balaban J connectivity index is 1.31. The van der Waals surface area contributed by atoms with Crippen LogP contribution in [0.1, 0.15) is 67.6 Å². The number of nitrogens with one attached hydrogen (secondary N) is 1. The molecule has 6 aliphatic rings. The summed E-state index contributed by atoms with van der Waals surface area (Å²) in [4.78, 5) is 20.1. The van der Waals surface area contributed by atoms with Crippen molar-refractivity contribution in [2.45, 2.75) is 94.2 Å². The van der Waals surface area contributed by atoms with E-state index in [1.165, 1.54) is 4.90 Å². The Bertz CT molecular complexity index is 2180. The summed E-state index contributed by atoms with van der Waals surface area (Å²) in [6, 6.07) is 9.14. The highest BCUT2D eigenvalue weighted by Crippen LogP contribution is 2.58. The Morgan fingerprint density at radius 1 is 1.18 bits per heavy atom. The predicted octanol–water partition coefficient (Wildman–Crippen LogP) is 8.67. The molecule has 5 heterocycles. The number of aryl methyl sites for hydroxylation is 2. The summed E-state index contributed by atoms with van der Waals surface area (Å²) in [7, 11) is 0. The van der Waals surface area contributed by atoms with Gasteiger partial charge in [-0.15, -0.1) is 13.2 Å². The molecule has 4 aromatic rings. The van der Waals surface area contributed by atoms with Crippen LogP contribution in [0.2, 0.25) is 10.0 Å². The summed E-state index contributed by atoms with van der Waals surface area (Å²) in [5.41, 5.74) is 0.807. The number of nitrogens with zero attached hydrogens (tertiary/aromatic N) is 4. The molecular weight excluding hydrogens is 712 g/mol. The van der Waals surface area contributed by atoms with Crippen LogP contribution >= 0.6 is 23.2 Å². The lowest BCUT2D eigenvalue weighted by Crippen LogP contribution is -2.50. The number of hydrogen-bond donors (Lipinski definition) is 1. The van der Waals surface area contributed by atoms with Gasteiger partial charge < -0.3 is 14.8 Å². The maximum atomic E-state index is 17.1. The van der Waals surface area contributed by atoms with Gasteiger partial charge in [0, 0.05) is 64.3 Å². The maximum absolute atomic E-state index is 17.1. The van der Waals surface area contributed by atoms with E-state index in [1.807, 2.05) is 12.1 Å². The van der Waals surface area contributed by atoms with E-state index in [0.29, 0.717) is 38.8 Å².